The third kappa shape index (κ3) is 2.83. The minimum absolute atomic E-state index is 0.463. The number of carbonyl (C=O) groups is 1. The second kappa shape index (κ2) is 4.68. The lowest BCUT2D eigenvalue weighted by Crippen LogP contribution is -2.20. The van der Waals surface area contributed by atoms with Gasteiger partial charge in [-0.25, -0.2) is 18.6 Å². The molecule has 0 fully saturated rings. The standard InChI is InChI=1S/C8H6F2N2O5/c9-7(10)3-1-5(12(16)17)11-8(15)4(3)2-6(13)14/h1,7H,2H2,(H,11,15)(H,13,14). The van der Waals surface area contributed by atoms with E-state index in [1.165, 1.54) is 0 Å². The zero-order valence-electron chi connectivity index (χ0n) is 8.15. The molecule has 0 spiro atoms. The molecule has 1 aromatic rings. The van der Waals surface area contributed by atoms with Gasteiger partial charge in [0.25, 0.3) is 6.43 Å². The summed E-state index contributed by atoms with van der Waals surface area (Å²) in [4.78, 5) is 32.6. The van der Waals surface area contributed by atoms with Crippen LogP contribution in [-0.2, 0) is 11.2 Å². The number of aromatic amines is 1. The second-order valence-electron chi connectivity index (χ2n) is 3.05. The Bertz CT molecular complexity index is 525. The molecular formula is C8H6F2N2O5. The smallest absolute Gasteiger partial charge is 0.336 e. The summed E-state index contributed by atoms with van der Waals surface area (Å²) in [6, 6.07) is 0.463. The molecule has 0 aromatic carbocycles. The van der Waals surface area contributed by atoms with Crippen molar-refractivity contribution in [2.45, 2.75) is 12.8 Å². The molecule has 1 aromatic heterocycles. The monoisotopic (exact) mass is 248 g/mol. The lowest BCUT2D eigenvalue weighted by molar-refractivity contribution is -0.389. The van der Waals surface area contributed by atoms with Crippen LogP contribution in [0.4, 0.5) is 14.6 Å². The van der Waals surface area contributed by atoms with Crippen molar-refractivity contribution in [3.63, 3.8) is 0 Å². The van der Waals surface area contributed by atoms with Gasteiger partial charge in [-0.1, -0.05) is 0 Å². The van der Waals surface area contributed by atoms with E-state index in [4.69, 9.17) is 5.11 Å². The number of hydrogen-bond donors (Lipinski definition) is 2. The maximum atomic E-state index is 12.5. The van der Waals surface area contributed by atoms with Crippen molar-refractivity contribution in [3.8, 4) is 0 Å². The highest BCUT2D eigenvalue weighted by atomic mass is 19.3. The van der Waals surface area contributed by atoms with E-state index in [2.05, 4.69) is 0 Å². The van der Waals surface area contributed by atoms with Gasteiger partial charge in [0.1, 0.15) is 0 Å². The first-order valence-corrected chi connectivity index (χ1v) is 4.23. The van der Waals surface area contributed by atoms with Gasteiger partial charge in [-0.3, -0.25) is 4.79 Å². The molecule has 0 atom stereocenters. The van der Waals surface area contributed by atoms with E-state index in [1.54, 1.807) is 4.98 Å². The van der Waals surface area contributed by atoms with Crippen LogP contribution in [0.25, 0.3) is 0 Å². The number of aromatic nitrogens is 1. The Morgan fingerprint density at radius 2 is 2.18 bits per heavy atom. The topological polar surface area (TPSA) is 113 Å². The summed E-state index contributed by atoms with van der Waals surface area (Å²) in [5.74, 6) is -2.38. The number of nitrogens with zero attached hydrogens (tertiary/aromatic N) is 1. The molecule has 2 N–H and O–H groups in total. The van der Waals surface area contributed by atoms with Crippen molar-refractivity contribution < 1.29 is 23.6 Å². The maximum absolute atomic E-state index is 12.5. The number of aliphatic carboxylic acids is 1. The van der Waals surface area contributed by atoms with Crippen LogP contribution in [0.1, 0.15) is 17.6 Å². The largest absolute Gasteiger partial charge is 0.481 e. The number of carboxylic acids is 1. The van der Waals surface area contributed by atoms with E-state index >= 15 is 0 Å². The van der Waals surface area contributed by atoms with Gasteiger partial charge in [0, 0.05) is 11.6 Å². The predicted octanol–water partition coefficient (Wildman–Crippen LogP) is 0.848. The van der Waals surface area contributed by atoms with Gasteiger partial charge < -0.3 is 15.2 Å². The minimum Gasteiger partial charge on any atom is -0.481 e. The van der Waals surface area contributed by atoms with Gasteiger partial charge in [0.05, 0.1) is 12.0 Å². The highest BCUT2D eigenvalue weighted by molar-refractivity contribution is 5.70. The summed E-state index contributed by atoms with van der Waals surface area (Å²) in [6.07, 6.45) is -4.09. The molecular weight excluding hydrogens is 242 g/mol. The van der Waals surface area contributed by atoms with Crippen molar-refractivity contribution in [1.29, 1.82) is 0 Å². The zero-order valence-corrected chi connectivity index (χ0v) is 8.15. The van der Waals surface area contributed by atoms with Crippen LogP contribution in [0.3, 0.4) is 0 Å². The first-order valence-electron chi connectivity index (χ1n) is 4.23. The summed E-state index contributed by atoms with van der Waals surface area (Å²) in [7, 11) is 0. The number of rotatable bonds is 4. The third-order valence-corrected chi connectivity index (χ3v) is 1.92. The molecule has 7 nitrogen and oxygen atoms in total. The van der Waals surface area contributed by atoms with E-state index in [0.29, 0.717) is 6.07 Å². The van der Waals surface area contributed by atoms with Crippen LogP contribution >= 0.6 is 0 Å². The Labute approximate surface area is 91.8 Å². The van der Waals surface area contributed by atoms with Gasteiger partial charge in [-0.05, 0) is 4.92 Å². The van der Waals surface area contributed by atoms with Gasteiger partial charge >= 0.3 is 17.3 Å². The molecule has 1 rings (SSSR count). The molecule has 0 aliphatic heterocycles. The lowest BCUT2D eigenvalue weighted by atomic mass is 10.1. The average molecular weight is 248 g/mol. The van der Waals surface area contributed by atoms with E-state index in [9.17, 15) is 28.5 Å². The van der Waals surface area contributed by atoms with Gasteiger partial charge in [0.15, 0.2) is 0 Å². The number of nitrogens with one attached hydrogen (secondary N) is 1. The Morgan fingerprint density at radius 3 is 2.59 bits per heavy atom. The van der Waals surface area contributed by atoms with Crippen LogP contribution < -0.4 is 5.56 Å². The summed E-state index contributed by atoms with van der Waals surface area (Å²) in [6.45, 7) is 0. The van der Waals surface area contributed by atoms with Crippen molar-refractivity contribution in [1.82, 2.24) is 4.98 Å². The molecule has 0 bridgehead atoms. The minimum atomic E-state index is -3.16. The third-order valence-electron chi connectivity index (χ3n) is 1.92. The molecule has 1 heterocycles. The van der Waals surface area contributed by atoms with E-state index in [0.717, 1.165) is 0 Å². The van der Waals surface area contributed by atoms with E-state index in [-0.39, 0.29) is 0 Å². The molecule has 0 aliphatic carbocycles. The van der Waals surface area contributed by atoms with Crippen LogP contribution in [0.5, 0.6) is 0 Å². The first kappa shape index (κ1) is 12.7. The predicted molar refractivity (Wildman–Crippen MR) is 50.0 cm³/mol. The maximum Gasteiger partial charge on any atom is 0.336 e. The van der Waals surface area contributed by atoms with Crippen LogP contribution in [0, 0.1) is 10.1 Å². The van der Waals surface area contributed by atoms with Gasteiger partial charge in [0.2, 0.25) is 0 Å². The Kier molecular flexibility index (Phi) is 3.51. The Balaban J connectivity index is 3.43. The number of halogens is 2. The normalized spacial score (nSPS) is 10.5. The van der Waals surface area contributed by atoms with Crippen LogP contribution in [0.2, 0.25) is 0 Å². The number of hydrogen-bond acceptors (Lipinski definition) is 4. The first-order chi connectivity index (χ1) is 7.82. The van der Waals surface area contributed by atoms with Crippen LogP contribution in [0.15, 0.2) is 10.9 Å². The number of H-pyrrole nitrogens is 1. The number of alkyl halides is 2. The fourth-order valence-electron chi connectivity index (χ4n) is 1.22. The summed E-state index contributed by atoms with van der Waals surface area (Å²) in [5, 5.41) is 18.8. The van der Waals surface area contributed by atoms with Crippen molar-refractivity contribution in [2.24, 2.45) is 0 Å². The molecule has 0 unspecified atom stereocenters. The summed E-state index contributed by atoms with van der Waals surface area (Å²) in [5.41, 5.74) is -2.82. The number of nitro groups is 1. The van der Waals surface area contributed by atoms with Crippen molar-refractivity contribution >= 4 is 11.8 Å². The zero-order chi connectivity index (χ0) is 13.2. The summed E-state index contributed by atoms with van der Waals surface area (Å²) >= 11 is 0. The lowest BCUT2D eigenvalue weighted by Gasteiger charge is -2.04. The Hall–Kier alpha value is -2.32. The van der Waals surface area contributed by atoms with Gasteiger partial charge in [-0.15, -0.1) is 0 Å². The average Bonchev–Trinajstić information content (AvgIpc) is 2.19. The highest BCUT2D eigenvalue weighted by Crippen LogP contribution is 2.23. The molecule has 92 valence electrons. The molecule has 0 radical (unpaired) electrons. The van der Waals surface area contributed by atoms with E-state index < -0.39 is 46.2 Å². The van der Waals surface area contributed by atoms with Crippen LogP contribution in [-0.4, -0.2) is 21.0 Å². The SMILES string of the molecule is O=C(O)Cc1c(C(F)F)cc([N+](=O)[O-])[nH]c1=O. The van der Waals surface area contributed by atoms with Crippen molar-refractivity contribution in [3.05, 3.63) is 37.7 Å². The number of pyridine rings is 1. The van der Waals surface area contributed by atoms with E-state index in [1.807, 2.05) is 0 Å². The molecule has 0 aliphatic rings. The quantitative estimate of drug-likeness (QED) is 0.605. The highest BCUT2D eigenvalue weighted by Gasteiger charge is 2.23. The van der Waals surface area contributed by atoms with Gasteiger partial charge in [-0.2, -0.15) is 0 Å². The number of carboxylic acid groups (broad SMARTS) is 1. The van der Waals surface area contributed by atoms with Crippen molar-refractivity contribution in [2.75, 3.05) is 0 Å². The molecule has 0 saturated carbocycles. The summed E-state index contributed by atoms with van der Waals surface area (Å²) < 4.78 is 25.1. The fourth-order valence-corrected chi connectivity index (χ4v) is 1.22. The fraction of sp³-hybridized carbons (Fsp3) is 0.250. The molecule has 9 heteroatoms. The molecule has 17 heavy (non-hydrogen) atoms. The second-order valence-corrected chi connectivity index (χ2v) is 3.05. The molecule has 0 saturated heterocycles. The Morgan fingerprint density at radius 1 is 1.59 bits per heavy atom. The molecule has 0 amide bonds.